The van der Waals surface area contributed by atoms with Gasteiger partial charge in [0.15, 0.2) is 0 Å². The number of urea groups is 1. The molecule has 0 spiro atoms. The van der Waals surface area contributed by atoms with Crippen molar-refractivity contribution in [3.63, 3.8) is 0 Å². The molecule has 342 valence electrons. The van der Waals surface area contributed by atoms with Gasteiger partial charge in [-0.1, -0.05) is 66.8 Å². The summed E-state index contributed by atoms with van der Waals surface area (Å²) in [5, 5.41) is 12.1. The van der Waals surface area contributed by atoms with E-state index in [1.54, 1.807) is 4.90 Å². The summed E-state index contributed by atoms with van der Waals surface area (Å²) < 4.78 is 16.5. The van der Waals surface area contributed by atoms with Crippen molar-refractivity contribution in [1.29, 1.82) is 0 Å². The number of nitrogens with one attached hydrogen (secondary N) is 5. The molecular weight excluding hydrogens is 841 g/mol. The van der Waals surface area contributed by atoms with Crippen LogP contribution in [0, 0.1) is 11.8 Å². The predicted molar refractivity (Wildman–Crippen MR) is 240 cm³/mol. The molecule has 5 N–H and O–H groups in total. The maximum atomic E-state index is 13.8. The minimum atomic E-state index is -0.505. The Bertz CT molecular complexity index is 2080. The van der Waals surface area contributed by atoms with E-state index in [2.05, 4.69) is 38.6 Å². The summed E-state index contributed by atoms with van der Waals surface area (Å²) in [6.07, 6.45) is 4.54. The van der Waals surface area contributed by atoms with Crippen LogP contribution in [0.5, 0.6) is 0 Å². The number of benzene rings is 3. The first-order valence-corrected chi connectivity index (χ1v) is 23.2. The highest BCUT2D eigenvalue weighted by Crippen LogP contribution is 2.33. The number of unbranched alkanes of at least 4 members (excludes halogenated alkanes) is 1. The zero-order valence-electron chi connectivity index (χ0n) is 36.0. The second kappa shape index (κ2) is 24.8. The average Bonchev–Trinajstić information content (AvgIpc) is 4.04. The van der Waals surface area contributed by atoms with Gasteiger partial charge in [0.05, 0.1) is 55.2 Å². The average molecular weight is 899 g/mol. The van der Waals surface area contributed by atoms with Crippen molar-refractivity contribution < 1.29 is 48.0 Å². The monoisotopic (exact) mass is 898 g/mol. The molecule has 3 saturated heterocycles. The molecule has 0 saturated carbocycles. The van der Waals surface area contributed by atoms with Crippen LogP contribution in [-0.2, 0) is 40.2 Å². The number of hydroxylamine groups is 1. The van der Waals surface area contributed by atoms with Crippen LogP contribution in [0.4, 0.5) is 15.3 Å². The van der Waals surface area contributed by atoms with E-state index in [0.717, 1.165) is 47.4 Å². The third-order valence-corrected chi connectivity index (χ3v) is 12.8. The maximum absolute atomic E-state index is 13.8. The van der Waals surface area contributed by atoms with Gasteiger partial charge in [-0.2, -0.15) is 17.2 Å². The van der Waals surface area contributed by atoms with Crippen LogP contribution < -0.4 is 31.6 Å². The number of carbonyl (C=O) groups excluding carboxylic acids is 4. The number of carbonyl (C=O) groups is 4. The Morgan fingerprint density at radius 2 is 1.52 bits per heavy atom. The van der Waals surface area contributed by atoms with Crippen molar-refractivity contribution in [3.05, 3.63) is 101 Å². The third kappa shape index (κ3) is 13.9. The van der Waals surface area contributed by atoms with Gasteiger partial charge in [-0.25, -0.2) is 19.4 Å². The second-order valence-electron chi connectivity index (χ2n) is 15.9. The molecule has 4 aliphatic rings. The normalized spacial score (nSPS) is 20.8. The molecule has 7 rings (SSSR count). The molecule has 3 aromatic carbocycles. The summed E-state index contributed by atoms with van der Waals surface area (Å²) in [7, 11) is 0. The summed E-state index contributed by atoms with van der Waals surface area (Å²) in [6, 6.07) is 23.2. The lowest BCUT2D eigenvalue weighted by atomic mass is 9.99. The number of hydrogen-bond acceptors (Lipinski definition) is 12. The quantitative estimate of drug-likeness (QED) is 0.0255. The fraction of sp³-hybridized carbons (Fsp3) is 0.489. The van der Waals surface area contributed by atoms with E-state index in [1.165, 1.54) is 0 Å². The van der Waals surface area contributed by atoms with Crippen molar-refractivity contribution in [2.24, 2.45) is 0 Å². The molecule has 64 heavy (non-hydrogen) atoms. The van der Waals surface area contributed by atoms with Gasteiger partial charge >= 0.3 is 12.1 Å². The Kier molecular flexibility index (Phi) is 18.1. The lowest BCUT2D eigenvalue weighted by Crippen LogP contribution is -2.39. The fourth-order valence-electron chi connectivity index (χ4n) is 7.90. The Hall–Kier alpha value is -5.19. The number of amides is 5. The molecule has 4 aliphatic heterocycles. The standard InChI is InChI=1S/C47H58N6O10S/c54-43(14-6-5-13-42-44-40(32-64-42)50-46(56)51-44)48-21-7-23-58-25-27-61-62-28-26-59-24-8-22-49-47(57)60-31-33-15-17-35(18-16-33)39-29-37(63-52-39)30-53-41-12-4-2-10-36(41)20-19-34-9-1-3-11-38(34)45(53)55/h1-4,9-12,15-18,37,39-40,42,44,52H,5-8,13-14,21-32H2,(H,48,54)(H,49,57)(H2,50,51,56)/t37?,39?,40-,42?,44-/m0/s1. The summed E-state index contributed by atoms with van der Waals surface area (Å²) in [6.45, 7) is 3.67. The predicted octanol–water partition coefficient (Wildman–Crippen LogP) is 4.91. The number of thioether (sulfide) groups is 1. The molecule has 0 aliphatic carbocycles. The van der Waals surface area contributed by atoms with Gasteiger partial charge in [0, 0.05) is 54.9 Å². The fourth-order valence-corrected chi connectivity index (χ4v) is 9.45. The number of anilines is 1. The molecule has 0 radical (unpaired) electrons. The zero-order valence-corrected chi connectivity index (χ0v) is 36.8. The number of hydrogen-bond donors (Lipinski definition) is 5. The van der Waals surface area contributed by atoms with Crippen LogP contribution in [-0.4, -0.2) is 112 Å². The highest BCUT2D eigenvalue weighted by molar-refractivity contribution is 8.00. The number of rotatable bonds is 25. The topological polar surface area (TPSA) is 187 Å². The Morgan fingerprint density at radius 1 is 0.797 bits per heavy atom. The highest BCUT2D eigenvalue weighted by atomic mass is 32.2. The first-order valence-electron chi connectivity index (χ1n) is 22.2. The van der Waals surface area contributed by atoms with Crippen molar-refractivity contribution in [1.82, 2.24) is 26.7 Å². The van der Waals surface area contributed by atoms with E-state index in [9.17, 15) is 19.2 Å². The molecule has 5 atom stereocenters. The first-order chi connectivity index (χ1) is 31.4. The van der Waals surface area contributed by atoms with Crippen molar-refractivity contribution in [3.8, 4) is 11.8 Å². The minimum Gasteiger partial charge on any atom is -0.445 e. The number of alkyl carbamates (subject to hydrolysis) is 1. The van der Waals surface area contributed by atoms with Crippen molar-refractivity contribution >= 4 is 41.4 Å². The molecule has 0 bridgehead atoms. The Labute approximate surface area is 378 Å². The molecule has 16 nitrogen and oxygen atoms in total. The lowest BCUT2D eigenvalue weighted by Gasteiger charge is -2.27. The van der Waals surface area contributed by atoms with Crippen molar-refractivity contribution in [2.75, 3.05) is 69.9 Å². The SMILES string of the molecule is O=C(CCCCC1SC[C@@H]2NC(=O)N[C@H]12)NCCCOCCOOCCOCCCNC(=O)OCc1ccc(C2CC(CN3C(=O)c4ccccc4C#Cc4ccccc43)ON2)cc1. The molecular formula is C47H58N6O10S. The van der Waals surface area contributed by atoms with E-state index in [4.69, 9.17) is 28.8 Å². The highest BCUT2D eigenvalue weighted by Gasteiger charge is 2.42. The Balaban J connectivity index is 0.651. The molecule has 3 aromatic rings. The van der Waals surface area contributed by atoms with E-state index in [1.807, 2.05) is 84.6 Å². The van der Waals surface area contributed by atoms with E-state index < -0.39 is 6.09 Å². The molecule has 5 amide bonds. The van der Waals surface area contributed by atoms with E-state index >= 15 is 0 Å². The van der Waals surface area contributed by atoms with Crippen LogP contribution in [0.25, 0.3) is 0 Å². The second-order valence-corrected chi connectivity index (χ2v) is 17.2. The molecule has 3 unspecified atom stereocenters. The summed E-state index contributed by atoms with van der Waals surface area (Å²) in [5.74, 6) is 7.28. The van der Waals surface area contributed by atoms with Gasteiger partial charge in [0.2, 0.25) is 5.91 Å². The van der Waals surface area contributed by atoms with Crippen LogP contribution >= 0.6 is 11.8 Å². The lowest BCUT2D eigenvalue weighted by molar-refractivity contribution is -0.303. The van der Waals surface area contributed by atoms with Gasteiger partial charge < -0.3 is 40.4 Å². The largest absolute Gasteiger partial charge is 0.445 e. The molecule has 4 heterocycles. The van der Waals surface area contributed by atoms with Crippen LogP contribution in [0.1, 0.15) is 83.6 Å². The molecule has 17 heteroatoms. The van der Waals surface area contributed by atoms with Gasteiger partial charge in [-0.3, -0.25) is 14.4 Å². The van der Waals surface area contributed by atoms with Gasteiger partial charge in [0.1, 0.15) is 19.8 Å². The van der Waals surface area contributed by atoms with E-state index in [-0.39, 0.29) is 61.9 Å². The number of para-hydroxylation sites is 1. The minimum absolute atomic E-state index is 0.0524. The Morgan fingerprint density at radius 3 is 2.31 bits per heavy atom. The van der Waals surface area contributed by atoms with Gasteiger partial charge in [-0.15, -0.1) is 0 Å². The number of nitrogens with zero attached hydrogens (tertiary/aromatic N) is 1. The third-order valence-electron chi connectivity index (χ3n) is 11.3. The van der Waals surface area contributed by atoms with E-state index in [0.29, 0.717) is 88.1 Å². The maximum Gasteiger partial charge on any atom is 0.407 e. The summed E-state index contributed by atoms with van der Waals surface area (Å²) in [4.78, 5) is 67.7. The van der Waals surface area contributed by atoms with Crippen molar-refractivity contribution in [2.45, 2.75) is 81.0 Å². The van der Waals surface area contributed by atoms with Gasteiger partial charge in [0.25, 0.3) is 5.91 Å². The summed E-state index contributed by atoms with van der Waals surface area (Å²) >= 11 is 1.90. The van der Waals surface area contributed by atoms with Crippen LogP contribution in [0.15, 0.2) is 72.8 Å². The number of fused-ring (bicyclic) bond motifs is 3. The van der Waals surface area contributed by atoms with Gasteiger partial charge in [-0.05, 0) is 67.5 Å². The first kappa shape index (κ1) is 46.8. The van der Waals surface area contributed by atoms with Crippen LogP contribution in [0.2, 0.25) is 0 Å². The molecule has 0 aromatic heterocycles. The smallest absolute Gasteiger partial charge is 0.407 e. The summed E-state index contributed by atoms with van der Waals surface area (Å²) in [5.41, 5.74) is 7.85. The molecule has 3 fully saturated rings. The number of ether oxygens (including phenoxy) is 3. The van der Waals surface area contributed by atoms with Crippen LogP contribution in [0.3, 0.4) is 0 Å². The zero-order chi connectivity index (χ0) is 44.4.